The highest BCUT2D eigenvalue weighted by Crippen LogP contribution is 2.33. The van der Waals surface area contributed by atoms with E-state index in [4.69, 9.17) is 10.6 Å². The Labute approximate surface area is 120 Å². The average molecular weight is 276 g/mol. The minimum atomic E-state index is -0.622. The van der Waals surface area contributed by atoms with Crippen LogP contribution in [0.25, 0.3) is 0 Å². The summed E-state index contributed by atoms with van der Waals surface area (Å²) in [4.78, 5) is 12.0. The van der Waals surface area contributed by atoms with Crippen LogP contribution >= 0.6 is 0 Å². The molecule has 0 spiro atoms. The first-order chi connectivity index (χ1) is 9.60. The van der Waals surface area contributed by atoms with E-state index >= 15 is 0 Å². The second-order valence-corrected chi connectivity index (χ2v) is 5.97. The molecule has 0 aliphatic heterocycles. The molecular formula is C16H24N2O2. The maximum absolute atomic E-state index is 12.0. The standard InChI is InChI=1S/C16H24N2O2/c1-11-8-12(2)10-14(9-11)20-15(16(19)18-17)13-6-4-3-5-7-13/h3-7,11-12,14-15H,8-10,17H2,1-2H3,(H,18,19). The lowest BCUT2D eigenvalue weighted by Crippen LogP contribution is -2.38. The number of ether oxygens (including phenoxy) is 1. The van der Waals surface area contributed by atoms with Crippen molar-refractivity contribution in [2.24, 2.45) is 17.7 Å². The van der Waals surface area contributed by atoms with E-state index < -0.39 is 6.10 Å². The van der Waals surface area contributed by atoms with Crippen molar-refractivity contribution in [1.29, 1.82) is 0 Å². The molecule has 3 unspecified atom stereocenters. The highest BCUT2D eigenvalue weighted by Gasteiger charge is 2.30. The molecule has 3 atom stereocenters. The first-order valence-corrected chi connectivity index (χ1v) is 7.31. The molecule has 4 nitrogen and oxygen atoms in total. The molecule has 0 aromatic heterocycles. The Morgan fingerprint density at radius 3 is 2.35 bits per heavy atom. The molecule has 1 amide bonds. The molecule has 0 heterocycles. The number of carbonyl (C=O) groups excluding carboxylic acids is 1. The van der Waals surface area contributed by atoms with Crippen LogP contribution in [-0.2, 0) is 9.53 Å². The van der Waals surface area contributed by atoms with Gasteiger partial charge in [0.1, 0.15) is 0 Å². The predicted octanol–water partition coefficient (Wildman–Crippen LogP) is 2.56. The summed E-state index contributed by atoms with van der Waals surface area (Å²) >= 11 is 0. The molecule has 0 bridgehead atoms. The van der Waals surface area contributed by atoms with Gasteiger partial charge in [-0.3, -0.25) is 10.2 Å². The van der Waals surface area contributed by atoms with Gasteiger partial charge in [-0.2, -0.15) is 0 Å². The Balaban J connectivity index is 2.10. The van der Waals surface area contributed by atoms with E-state index in [2.05, 4.69) is 19.3 Å². The van der Waals surface area contributed by atoms with Gasteiger partial charge in [-0.05, 0) is 36.7 Å². The number of rotatable bonds is 4. The molecule has 1 aromatic rings. The number of benzene rings is 1. The molecule has 0 radical (unpaired) electrons. The van der Waals surface area contributed by atoms with Crippen molar-refractivity contribution in [3.05, 3.63) is 35.9 Å². The summed E-state index contributed by atoms with van der Waals surface area (Å²) in [6.07, 6.45) is 2.75. The summed E-state index contributed by atoms with van der Waals surface area (Å²) in [5.74, 6) is 6.28. The highest BCUT2D eigenvalue weighted by molar-refractivity contribution is 5.81. The SMILES string of the molecule is CC1CC(C)CC(OC(C(=O)NN)c2ccccc2)C1. The van der Waals surface area contributed by atoms with E-state index in [1.54, 1.807) is 0 Å². The molecule has 20 heavy (non-hydrogen) atoms. The van der Waals surface area contributed by atoms with E-state index in [0.29, 0.717) is 11.8 Å². The molecule has 0 saturated heterocycles. The van der Waals surface area contributed by atoms with Gasteiger partial charge < -0.3 is 4.74 Å². The summed E-state index contributed by atoms with van der Waals surface area (Å²) in [6, 6.07) is 9.53. The van der Waals surface area contributed by atoms with Crippen molar-refractivity contribution in [1.82, 2.24) is 5.43 Å². The fourth-order valence-electron chi connectivity index (χ4n) is 3.17. The fourth-order valence-corrected chi connectivity index (χ4v) is 3.17. The van der Waals surface area contributed by atoms with Crippen molar-refractivity contribution in [2.75, 3.05) is 0 Å². The molecule has 4 heteroatoms. The summed E-state index contributed by atoms with van der Waals surface area (Å²) in [7, 11) is 0. The maximum atomic E-state index is 12.0. The summed E-state index contributed by atoms with van der Waals surface area (Å²) in [5.41, 5.74) is 3.06. The van der Waals surface area contributed by atoms with E-state index in [-0.39, 0.29) is 12.0 Å². The Kier molecular flexibility index (Phi) is 5.15. The van der Waals surface area contributed by atoms with Gasteiger partial charge in [0.25, 0.3) is 5.91 Å². The lowest BCUT2D eigenvalue weighted by atomic mass is 9.81. The Morgan fingerprint density at radius 1 is 1.20 bits per heavy atom. The zero-order valence-corrected chi connectivity index (χ0v) is 12.2. The third kappa shape index (κ3) is 3.81. The van der Waals surface area contributed by atoms with Crippen molar-refractivity contribution >= 4 is 5.91 Å². The monoisotopic (exact) mass is 276 g/mol. The maximum Gasteiger partial charge on any atom is 0.267 e. The smallest absolute Gasteiger partial charge is 0.267 e. The van der Waals surface area contributed by atoms with Crippen LogP contribution in [0.2, 0.25) is 0 Å². The Hall–Kier alpha value is -1.39. The largest absolute Gasteiger partial charge is 0.360 e. The Morgan fingerprint density at radius 2 is 1.80 bits per heavy atom. The normalized spacial score (nSPS) is 27.9. The summed E-state index contributed by atoms with van der Waals surface area (Å²) in [5, 5.41) is 0. The van der Waals surface area contributed by atoms with Gasteiger partial charge in [-0.25, -0.2) is 5.84 Å². The van der Waals surface area contributed by atoms with Crippen molar-refractivity contribution in [3.8, 4) is 0 Å². The first kappa shape index (κ1) is 15.0. The van der Waals surface area contributed by atoms with Crippen LogP contribution in [0, 0.1) is 11.8 Å². The third-order valence-electron chi connectivity index (χ3n) is 3.95. The second kappa shape index (κ2) is 6.86. The van der Waals surface area contributed by atoms with Gasteiger partial charge in [0.05, 0.1) is 6.10 Å². The number of nitrogens with two attached hydrogens (primary N) is 1. The van der Waals surface area contributed by atoms with Crippen LogP contribution in [0.15, 0.2) is 30.3 Å². The molecule has 1 aliphatic rings. The molecule has 110 valence electrons. The van der Waals surface area contributed by atoms with Crippen molar-refractivity contribution in [3.63, 3.8) is 0 Å². The topological polar surface area (TPSA) is 64.3 Å². The molecule has 1 fully saturated rings. The van der Waals surface area contributed by atoms with Gasteiger partial charge in [0.15, 0.2) is 6.10 Å². The van der Waals surface area contributed by atoms with E-state index in [1.807, 2.05) is 30.3 Å². The Bertz CT molecular complexity index is 425. The quantitative estimate of drug-likeness (QED) is 0.504. The number of carbonyl (C=O) groups is 1. The zero-order valence-electron chi connectivity index (χ0n) is 12.2. The fraction of sp³-hybridized carbons (Fsp3) is 0.562. The first-order valence-electron chi connectivity index (χ1n) is 7.31. The van der Waals surface area contributed by atoms with Gasteiger partial charge in [0.2, 0.25) is 0 Å². The molecule has 1 saturated carbocycles. The van der Waals surface area contributed by atoms with Gasteiger partial charge in [-0.15, -0.1) is 0 Å². The molecule has 1 aliphatic carbocycles. The van der Waals surface area contributed by atoms with Crippen LogP contribution in [-0.4, -0.2) is 12.0 Å². The number of hydrogen-bond acceptors (Lipinski definition) is 3. The zero-order chi connectivity index (χ0) is 14.5. The number of amides is 1. The molecule has 2 rings (SSSR count). The van der Waals surface area contributed by atoms with Crippen LogP contribution in [0.5, 0.6) is 0 Å². The highest BCUT2D eigenvalue weighted by atomic mass is 16.5. The van der Waals surface area contributed by atoms with Gasteiger partial charge in [0, 0.05) is 0 Å². The number of nitrogens with one attached hydrogen (secondary N) is 1. The molecule has 3 N–H and O–H groups in total. The predicted molar refractivity (Wildman–Crippen MR) is 78.6 cm³/mol. The molecular weight excluding hydrogens is 252 g/mol. The van der Waals surface area contributed by atoms with E-state index in [0.717, 1.165) is 18.4 Å². The van der Waals surface area contributed by atoms with Crippen LogP contribution in [0.4, 0.5) is 0 Å². The lowest BCUT2D eigenvalue weighted by molar-refractivity contribution is -0.140. The van der Waals surface area contributed by atoms with Crippen molar-refractivity contribution in [2.45, 2.75) is 45.3 Å². The minimum Gasteiger partial charge on any atom is -0.360 e. The van der Waals surface area contributed by atoms with E-state index in [9.17, 15) is 4.79 Å². The third-order valence-corrected chi connectivity index (χ3v) is 3.95. The lowest BCUT2D eigenvalue weighted by Gasteiger charge is -2.33. The minimum absolute atomic E-state index is 0.122. The van der Waals surface area contributed by atoms with Crippen molar-refractivity contribution < 1.29 is 9.53 Å². The number of hydrogen-bond donors (Lipinski definition) is 2. The average Bonchev–Trinajstić information content (AvgIpc) is 2.44. The van der Waals surface area contributed by atoms with Crippen LogP contribution < -0.4 is 11.3 Å². The van der Waals surface area contributed by atoms with Crippen LogP contribution in [0.3, 0.4) is 0 Å². The summed E-state index contributed by atoms with van der Waals surface area (Å²) in [6.45, 7) is 4.49. The number of hydrazine groups is 1. The second-order valence-electron chi connectivity index (χ2n) is 5.97. The van der Waals surface area contributed by atoms with Gasteiger partial charge in [-0.1, -0.05) is 44.2 Å². The van der Waals surface area contributed by atoms with Gasteiger partial charge >= 0.3 is 0 Å². The summed E-state index contributed by atoms with van der Waals surface area (Å²) < 4.78 is 6.08. The molecule has 1 aromatic carbocycles. The van der Waals surface area contributed by atoms with E-state index in [1.165, 1.54) is 6.42 Å². The van der Waals surface area contributed by atoms with Crippen LogP contribution in [0.1, 0.15) is 44.8 Å².